The zero-order valence-corrected chi connectivity index (χ0v) is 8.47. The average molecular weight is 192 g/mol. The Hall–Kier alpha value is -1.11. The number of likely N-dealkylation sites (N-methyl/N-ethyl adjacent to an activating group) is 1. The summed E-state index contributed by atoms with van der Waals surface area (Å²) in [5.74, 6) is 2.59. The van der Waals surface area contributed by atoms with E-state index in [4.69, 9.17) is 6.42 Å². The first-order valence-electron chi connectivity index (χ1n) is 3.93. The number of aromatic nitrogens is 1. The minimum Gasteiger partial charge on any atom is -0.291 e. The fraction of sp³-hybridized carbons (Fsp3) is 0.300. The molecule has 0 saturated carbocycles. The van der Waals surface area contributed by atoms with Crippen LogP contribution in [-0.4, -0.2) is 30.0 Å². The summed E-state index contributed by atoms with van der Waals surface area (Å²) in [5, 5.41) is 2.94. The quantitative estimate of drug-likeness (QED) is 0.675. The molecule has 0 aliphatic carbocycles. The van der Waals surface area contributed by atoms with Gasteiger partial charge in [0.1, 0.15) is 5.01 Å². The molecule has 0 aliphatic heterocycles. The lowest BCUT2D eigenvalue weighted by Crippen LogP contribution is -2.20. The number of thiazole rings is 1. The van der Waals surface area contributed by atoms with E-state index in [-0.39, 0.29) is 0 Å². The van der Waals surface area contributed by atoms with Crippen molar-refractivity contribution in [1.82, 2.24) is 9.88 Å². The van der Waals surface area contributed by atoms with E-state index in [9.17, 15) is 0 Å². The summed E-state index contributed by atoms with van der Waals surface area (Å²) in [5.41, 5.74) is 1.02. The van der Waals surface area contributed by atoms with Crippen LogP contribution in [0.15, 0.2) is 18.2 Å². The van der Waals surface area contributed by atoms with E-state index in [1.54, 1.807) is 17.5 Å². The molecule has 3 heteroatoms. The third kappa shape index (κ3) is 3.02. The molecule has 1 aromatic rings. The fourth-order valence-corrected chi connectivity index (χ4v) is 1.61. The molecular formula is C10H12N2S. The number of hydrogen-bond acceptors (Lipinski definition) is 3. The molecule has 0 aliphatic rings. The Kier molecular flexibility index (Phi) is 3.69. The van der Waals surface area contributed by atoms with Crippen molar-refractivity contribution in [3.63, 3.8) is 0 Å². The minimum absolute atomic E-state index is 0.643. The zero-order chi connectivity index (χ0) is 9.68. The van der Waals surface area contributed by atoms with E-state index in [1.165, 1.54) is 0 Å². The van der Waals surface area contributed by atoms with Crippen LogP contribution in [0.2, 0.25) is 0 Å². The lowest BCUT2D eigenvalue weighted by atomic mass is 10.3. The molecule has 0 fully saturated rings. The second-order valence-electron chi connectivity index (χ2n) is 2.82. The Labute approximate surface area is 82.9 Å². The first-order chi connectivity index (χ1) is 6.24. The number of hydrogen-bond donors (Lipinski definition) is 0. The van der Waals surface area contributed by atoms with Gasteiger partial charge in [0.2, 0.25) is 0 Å². The van der Waals surface area contributed by atoms with Crippen LogP contribution in [0.1, 0.15) is 5.01 Å². The van der Waals surface area contributed by atoms with Gasteiger partial charge in [-0.05, 0) is 12.6 Å². The highest BCUT2D eigenvalue weighted by molar-refractivity contribution is 7.10. The van der Waals surface area contributed by atoms with Gasteiger partial charge in [-0.25, -0.2) is 4.98 Å². The van der Waals surface area contributed by atoms with Gasteiger partial charge in [-0.15, -0.1) is 17.8 Å². The molecule has 13 heavy (non-hydrogen) atoms. The number of rotatable bonds is 4. The lowest BCUT2D eigenvalue weighted by molar-refractivity contribution is 0.425. The second-order valence-corrected chi connectivity index (χ2v) is 3.71. The van der Waals surface area contributed by atoms with Crippen LogP contribution >= 0.6 is 11.3 Å². The van der Waals surface area contributed by atoms with E-state index < -0.39 is 0 Å². The van der Waals surface area contributed by atoms with Crippen molar-refractivity contribution >= 4 is 16.9 Å². The van der Waals surface area contributed by atoms with Crippen LogP contribution < -0.4 is 0 Å². The van der Waals surface area contributed by atoms with Crippen molar-refractivity contribution in [3.8, 4) is 12.3 Å². The molecule has 0 aromatic carbocycles. The van der Waals surface area contributed by atoms with Gasteiger partial charge in [-0.3, -0.25) is 4.90 Å². The summed E-state index contributed by atoms with van der Waals surface area (Å²) in [6, 6.07) is 0. The van der Waals surface area contributed by atoms with Crippen molar-refractivity contribution in [2.45, 2.75) is 0 Å². The lowest BCUT2D eigenvalue weighted by Gasteiger charge is -2.13. The molecular weight excluding hydrogens is 180 g/mol. The Morgan fingerprint density at radius 3 is 3.15 bits per heavy atom. The Bertz CT molecular complexity index is 308. The van der Waals surface area contributed by atoms with Crippen molar-refractivity contribution in [2.24, 2.45) is 0 Å². The van der Waals surface area contributed by atoms with Gasteiger partial charge in [0.25, 0.3) is 0 Å². The van der Waals surface area contributed by atoms with E-state index in [0.717, 1.165) is 17.1 Å². The maximum atomic E-state index is 5.19. The average Bonchev–Trinajstić information content (AvgIpc) is 2.55. The molecule has 1 heterocycles. The molecule has 0 amide bonds. The van der Waals surface area contributed by atoms with E-state index in [1.807, 2.05) is 17.3 Å². The van der Waals surface area contributed by atoms with Gasteiger partial charge >= 0.3 is 0 Å². The molecule has 1 aromatic heterocycles. The standard InChI is InChI=1S/C10H12N2S/c1-4-6-12(3)8-9(2)10-11-5-7-13-10/h1,5,7H,2,6,8H2,3H3. The Morgan fingerprint density at radius 1 is 1.85 bits per heavy atom. The highest BCUT2D eigenvalue weighted by atomic mass is 32.1. The third-order valence-electron chi connectivity index (χ3n) is 1.56. The highest BCUT2D eigenvalue weighted by Gasteiger charge is 2.03. The normalized spacial score (nSPS) is 9.92. The summed E-state index contributed by atoms with van der Waals surface area (Å²) in [7, 11) is 1.97. The zero-order valence-electron chi connectivity index (χ0n) is 7.66. The summed E-state index contributed by atoms with van der Waals surface area (Å²) >= 11 is 1.60. The predicted molar refractivity (Wildman–Crippen MR) is 57.5 cm³/mol. The number of terminal acetylenes is 1. The van der Waals surface area contributed by atoms with Crippen LogP contribution in [0.5, 0.6) is 0 Å². The van der Waals surface area contributed by atoms with E-state index >= 15 is 0 Å². The Morgan fingerprint density at radius 2 is 2.62 bits per heavy atom. The van der Waals surface area contributed by atoms with Crippen LogP contribution in [0.25, 0.3) is 5.57 Å². The van der Waals surface area contributed by atoms with Gasteiger partial charge in [0.05, 0.1) is 6.54 Å². The summed E-state index contributed by atoms with van der Waals surface area (Å²) < 4.78 is 0. The van der Waals surface area contributed by atoms with Gasteiger partial charge in [-0.1, -0.05) is 12.5 Å². The van der Waals surface area contributed by atoms with Gasteiger partial charge in [0.15, 0.2) is 0 Å². The summed E-state index contributed by atoms with van der Waals surface area (Å²) in [6.45, 7) is 5.38. The van der Waals surface area contributed by atoms with Crippen LogP contribution in [0.3, 0.4) is 0 Å². The van der Waals surface area contributed by atoms with Crippen molar-refractivity contribution in [3.05, 3.63) is 23.2 Å². The topological polar surface area (TPSA) is 16.1 Å². The highest BCUT2D eigenvalue weighted by Crippen LogP contribution is 2.15. The van der Waals surface area contributed by atoms with Crippen LogP contribution in [0, 0.1) is 12.3 Å². The SMILES string of the molecule is C#CCN(C)CC(=C)c1nccs1. The first kappa shape index (κ1) is 9.97. The number of nitrogens with zero attached hydrogens (tertiary/aromatic N) is 2. The smallest absolute Gasteiger partial charge is 0.119 e. The Balaban J connectivity index is 2.48. The third-order valence-corrected chi connectivity index (χ3v) is 2.43. The fourth-order valence-electron chi connectivity index (χ4n) is 1.00. The van der Waals surface area contributed by atoms with Crippen molar-refractivity contribution in [1.29, 1.82) is 0 Å². The second kappa shape index (κ2) is 4.80. The largest absolute Gasteiger partial charge is 0.291 e. The van der Waals surface area contributed by atoms with E-state index in [0.29, 0.717) is 6.54 Å². The van der Waals surface area contributed by atoms with E-state index in [2.05, 4.69) is 17.5 Å². The molecule has 68 valence electrons. The van der Waals surface area contributed by atoms with Crippen molar-refractivity contribution < 1.29 is 0 Å². The van der Waals surface area contributed by atoms with Gasteiger partial charge in [-0.2, -0.15) is 0 Å². The summed E-state index contributed by atoms with van der Waals surface area (Å²) in [4.78, 5) is 6.20. The van der Waals surface area contributed by atoms with Crippen LogP contribution in [-0.2, 0) is 0 Å². The molecule has 0 atom stereocenters. The monoisotopic (exact) mass is 192 g/mol. The molecule has 2 nitrogen and oxygen atoms in total. The summed E-state index contributed by atoms with van der Waals surface area (Å²) in [6.07, 6.45) is 6.97. The van der Waals surface area contributed by atoms with Gasteiger partial charge < -0.3 is 0 Å². The molecule has 0 bridgehead atoms. The molecule has 1 rings (SSSR count). The van der Waals surface area contributed by atoms with Gasteiger partial charge in [0, 0.05) is 18.1 Å². The molecule has 0 saturated heterocycles. The molecule has 0 radical (unpaired) electrons. The minimum atomic E-state index is 0.643. The molecule has 0 N–H and O–H groups in total. The molecule has 0 spiro atoms. The maximum absolute atomic E-state index is 5.19. The predicted octanol–water partition coefficient (Wildman–Crippen LogP) is 1.72. The molecule has 0 unspecified atom stereocenters. The first-order valence-corrected chi connectivity index (χ1v) is 4.81. The van der Waals surface area contributed by atoms with Crippen molar-refractivity contribution in [2.75, 3.05) is 20.1 Å². The maximum Gasteiger partial charge on any atom is 0.119 e. The van der Waals surface area contributed by atoms with Crippen LogP contribution in [0.4, 0.5) is 0 Å².